The van der Waals surface area contributed by atoms with Crippen LogP contribution in [0, 0.1) is 0 Å². The minimum Gasteiger partial charge on any atom is -0.339 e. The van der Waals surface area contributed by atoms with Gasteiger partial charge in [0.25, 0.3) is 0 Å². The summed E-state index contributed by atoms with van der Waals surface area (Å²) < 4.78 is 0. The van der Waals surface area contributed by atoms with E-state index >= 15 is 0 Å². The molecule has 3 rings (SSSR count). The number of nitrogens with zero attached hydrogens (tertiary/aromatic N) is 3. The maximum atomic E-state index is 12.8. The molecule has 1 atom stereocenters. The molecular weight excluding hydrogens is 294 g/mol. The third kappa shape index (κ3) is 3.70. The quantitative estimate of drug-likeness (QED) is 0.851. The van der Waals surface area contributed by atoms with Crippen molar-refractivity contribution in [1.29, 1.82) is 0 Å². The van der Waals surface area contributed by atoms with Crippen molar-refractivity contribution in [2.75, 3.05) is 39.3 Å². The van der Waals surface area contributed by atoms with Crippen LogP contribution in [-0.2, 0) is 11.3 Å². The third-order valence-corrected chi connectivity index (χ3v) is 5.81. The molecule has 1 aromatic rings. The van der Waals surface area contributed by atoms with Crippen LogP contribution in [0.15, 0.2) is 17.5 Å². The van der Waals surface area contributed by atoms with Crippen molar-refractivity contribution >= 4 is 17.2 Å². The first-order valence-electron chi connectivity index (χ1n) is 8.55. The zero-order valence-corrected chi connectivity index (χ0v) is 14.4. The highest BCUT2D eigenvalue weighted by Crippen LogP contribution is 2.20. The molecule has 2 aliphatic heterocycles. The number of amides is 1. The minimum atomic E-state index is 0.141. The Morgan fingerprint density at radius 2 is 2.05 bits per heavy atom. The summed E-state index contributed by atoms with van der Waals surface area (Å²) >= 11 is 1.82. The van der Waals surface area contributed by atoms with Crippen molar-refractivity contribution in [2.24, 2.45) is 0 Å². The van der Waals surface area contributed by atoms with Gasteiger partial charge in [0.2, 0.25) is 5.91 Å². The lowest BCUT2D eigenvalue weighted by molar-refractivity contribution is -0.140. The molecule has 2 saturated heterocycles. The van der Waals surface area contributed by atoms with E-state index in [1.165, 1.54) is 17.7 Å². The molecule has 0 aromatic carbocycles. The number of piperidine rings is 1. The van der Waals surface area contributed by atoms with Crippen LogP contribution >= 0.6 is 11.3 Å². The number of piperazine rings is 1. The number of thiophene rings is 1. The van der Waals surface area contributed by atoms with Crippen molar-refractivity contribution in [2.45, 2.75) is 38.8 Å². The second-order valence-electron chi connectivity index (χ2n) is 6.32. The van der Waals surface area contributed by atoms with Gasteiger partial charge in [0, 0.05) is 37.6 Å². The molecule has 5 heteroatoms. The van der Waals surface area contributed by atoms with Gasteiger partial charge in [-0.05, 0) is 37.4 Å². The van der Waals surface area contributed by atoms with Gasteiger partial charge in [-0.25, -0.2) is 0 Å². The number of rotatable bonds is 4. The van der Waals surface area contributed by atoms with E-state index < -0.39 is 0 Å². The topological polar surface area (TPSA) is 26.8 Å². The van der Waals surface area contributed by atoms with Crippen molar-refractivity contribution in [3.8, 4) is 0 Å². The first-order chi connectivity index (χ1) is 10.8. The van der Waals surface area contributed by atoms with E-state index in [0.29, 0.717) is 5.91 Å². The van der Waals surface area contributed by atoms with Gasteiger partial charge in [0.05, 0.1) is 6.04 Å². The largest absolute Gasteiger partial charge is 0.339 e. The predicted molar refractivity (Wildman–Crippen MR) is 91.1 cm³/mol. The van der Waals surface area contributed by atoms with E-state index in [-0.39, 0.29) is 6.04 Å². The monoisotopic (exact) mass is 321 g/mol. The first-order valence-corrected chi connectivity index (χ1v) is 9.43. The van der Waals surface area contributed by atoms with Gasteiger partial charge >= 0.3 is 0 Å². The van der Waals surface area contributed by atoms with E-state index in [4.69, 9.17) is 0 Å². The van der Waals surface area contributed by atoms with Gasteiger partial charge < -0.3 is 4.90 Å². The second kappa shape index (κ2) is 7.57. The Bertz CT molecular complexity index is 468. The molecule has 0 spiro atoms. The van der Waals surface area contributed by atoms with Gasteiger partial charge in [-0.3, -0.25) is 14.6 Å². The molecule has 0 bridgehead atoms. The molecule has 0 aliphatic carbocycles. The average molecular weight is 321 g/mol. The average Bonchev–Trinajstić information content (AvgIpc) is 3.08. The molecule has 2 aliphatic rings. The number of likely N-dealkylation sites (N-methyl/N-ethyl adjacent to an activating group) is 1. The van der Waals surface area contributed by atoms with Crippen LogP contribution in [0.5, 0.6) is 0 Å². The molecular formula is C17H27N3OS. The highest BCUT2D eigenvalue weighted by molar-refractivity contribution is 7.09. The van der Waals surface area contributed by atoms with E-state index in [9.17, 15) is 4.79 Å². The maximum Gasteiger partial charge on any atom is 0.240 e. The van der Waals surface area contributed by atoms with Gasteiger partial charge in [-0.2, -0.15) is 0 Å². The summed E-state index contributed by atoms with van der Waals surface area (Å²) in [5.74, 6) is 0.373. The summed E-state index contributed by atoms with van der Waals surface area (Å²) in [5.41, 5.74) is 0. The normalized spacial score (nSPS) is 24.6. The maximum absolute atomic E-state index is 12.8. The number of carbonyl (C=O) groups excluding carboxylic acids is 1. The Balaban J connectivity index is 1.51. The SMILES string of the molecule is CCN1CCCCC1C(=O)N1CCN(Cc2cccs2)CC1. The van der Waals surface area contributed by atoms with Crippen molar-refractivity contribution in [3.63, 3.8) is 0 Å². The molecule has 122 valence electrons. The highest BCUT2D eigenvalue weighted by atomic mass is 32.1. The summed E-state index contributed by atoms with van der Waals surface area (Å²) in [5, 5.41) is 2.14. The zero-order valence-electron chi connectivity index (χ0n) is 13.5. The van der Waals surface area contributed by atoms with Crippen LogP contribution < -0.4 is 0 Å². The minimum absolute atomic E-state index is 0.141. The zero-order chi connectivity index (χ0) is 15.4. The van der Waals surface area contributed by atoms with Gasteiger partial charge in [-0.1, -0.05) is 19.4 Å². The number of hydrogen-bond acceptors (Lipinski definition) is 4. The Labute approximate surface area is 137 Å². The van der Waals surface area contributed by atoms with E-state index in [2.05, 4.69) is 39.1 Å². The second-order valence-corrected chi connectivity index (χ2v) is 7.35. The summed E-state index contributed by atoms with van der Waals surface area (Å²) in [7, 11) is 0. The van der Waals surface area contributed by atoms with Crippen LogP contribution in [0.3, 0.4) is 0 Å². The Morgan fingerprint density at radius 1 is 1.23 bits per heavy atom. The Hall–Kier alpha value is -0.910. The first kappa shape index (κ1) is 16.0. The van der Waals surface area contributed by atoms with Gasteiger partial charge in [0.15, 0.2) is 0 Å². The van der Waals surface area contributed by atoms with Crippen LogP contribution in [0.1, 0.15) is 31.1 Å². The molecule has 4 nitrogen and oxygen atoms in total. The molecule has 3 heterocycles. The molecule has 2 fully saturated rings. The standard InChI is InChI=1S/C17H27N3OS/c1-2-19-8-4-3-7-16(19)17(21)20-11-9-18(10-12-20)14-15-6-5-13-22-15/h5-6,13,16H,2-4,7-12,14H2,1H3. The number of carbonyl (C=O) groups is 1. The molecule has 0 saturated carbocycles. The van der Waals surface area contributed by atoms with Crippen LogP contribution in [0.4, 0.5) is 0 Å². The molecule has 22 heavy (non-hydrogen) atoms. The molecule has 0 radical (unpaired) electrons. The van der Waals surface area contributed by atoms with Crippen molar-refractivity contribution in [1.82, 2.24) is 14.7 Å². The van der Waals surface area contributed by atoms with Crippen molar-refractivity contribution < 1.29 is 4.79 Å². The molecule has 0 N–H and O–H groups in total. The van der Waals surface area contributed by atoms with Gasteiger partial charge in [0.1, 0.15) is 0 Å². The van der Waals surface area contributed by atoms with E-state index in [0.717, 1.165) is 52.2 Å². The fourth-order valence-electron chi connectivity index (χ4n) is 3.61. The lowest BCUT2D eigenvalue weighted by Gasteiger charge is -2.40. The fraction of sp³-hybridized carbons (Fsp3) is 0.706. The van der Waals surface area contributed by atoms with E-state index in [1.54, 1.807) is 0 Å². The van der Waals surface area contributed by atoms with Crippen LogP contribution in [0.2, 0.25) is 0 Å². The summed E-state index contributed by atoms with van der Waals surface area (Å²) in [6.07, 6.45) is 3.49. The third-order valence-electron chi connectivity index (χ3n) is 4.95. The fourth-order valence-corrected chi connectivity index (χ4v) is 4.36. The summed E-state index contributed by atoms with van der Waals surface area (Å²) in [6, 6.07) is 4.45. The molecule has 1 unspecified atom stereocenters. The smallest absolute Gasteiger partial charge is 0.240 e. The number of likely N-dealkylation sites (tertiary alicyclic amines) is 1. The van der Waals surface area contributed by atoms with Crippen LogP contribution in [0.25, 0.3) is 0 Å². The summed E-state index contributed by atoms with van der Waals surface area (Å²) in [6.45, 7) is 9.07. The highest BCUT2D eigenvalue weighted by Gasteiger charge is 2.32. The predicted octanol–water partition coefficient (Wildman–Crippen LogP) is 2.27. The molecule has 1 amide bonds. The number of hydrogen-bond donors (Lipinski definition) is 0. The lowest BCUT2D eigenvalue weighted by atomic mass is 10.0. The Kier molecular flexibility index (Phi) is 5.50. The van der Waals surface area contributed by atoms with Gasteiger partial charge in [-0.15, -0.1) is 11.3 Å². The van der Waals surface area contributed by atoms with E-state index in [1.807, 2.05) is 11.3 Å². The Morgan fingerprint density at radius 3 is 2.73 bits per heavy atom. The van der Waals surface area contributed by atoms with Crippen molar-refractivity contribution in [3.05, 3.63) is 22.4 Å². The molecule has 1 aromatic heterocycles. The summed E-state index contributed by atoms with van der Waals surface area (Å²) in [4.78, 5) is 21.2. The van der Waals surface area contributed by atoms with Crippen LogP contribution in [-0.4, -0.2) is 65.9 Å². The lowest BCUT2D eigenvalue weighted by Crippen LogP contribution is -2.55.